The van der Waals surface area contributed by atoms with E-state index in [-0.39, 0.29) is 17.9 Å². The summed E-state index contributed by atoms with van der Waals surface area (Å²) in [5.74, 6) is 0.921. The molecule has 2 aliphatic rings. The van der Waals surface area contributed by atoms with E-state index in [0.29, 0.717) is 58.7 Å². The standard InChI is InChI=1S/C21H30N4O4S2/c1-3-19-23-20(24-29-19)17-13-18(14(2)30-17)31(27,28)25-11-9-15(10-12-25)21(26)22-16-7-5-4-6-8-16/h13,15-16H,3-12H2,1-2H3,(H,22,26). The van der Waals surface area contributed by atoms with Gasteiger partial charge in [-0.3, -0.25) is 4.79 Å². The highest BCUT2D eigenvalue weighted by molar-refractivity contribution is 7.89. The highest BCUT2D eigenvalue weighted by Crippen LogP contribution is 2.35. The number of carbonyl (C=O) groups is 1. The molecule has 2 aromatic rings. The maximum atomic E-state index is 13.3. The molecule has 1 saturated heterocycles. The molecule has 31 heavy (non-hydrogen) atoms. The van der Waals surface area contributed by atoms with Gasteiger partial charge in [0.25, 0.3) is 0 Å². The Kier molecular flexibility index (Phi) is 6.78. The summed E-state index contributed by atoms with van der Waals surface area (Å²) in [4.78, 5) is 18.6. The Bertz CT molecular complexity index is 1020. The van der Waals surface area contributed by atoms with Crippen LogP contribution in [0.1, 0.15) is 62.6 Å². The summed E-state index contributed by atoms with van der Waals surface area (Å²) in [5, 5.41) is 7.14. The average Bonchev–Trinajstić information content (AvgIpc) is 3.41. The summed E-state index contributed by atoms with van der Waals surface area (Å²) in [7, 11) is -3.63. The molecule has 1 saturated carbocycles. The number of rotatable bonds is 6. The first-order valence-electron chi connectivity index (χ1n) is 11.1. The largest absolute Gasteiger partial charge is 0.353 e. The van der Waals surface area contributed by atoms with Crippen molar-refractivity contribution in [2.24, 2.45) is 5.92 Å². The molecule has 0 atom stereocenters. The molecule has 10 heteroatoms. The van der Waals surface area contributed by atoms with Gasteiger partial charge in [-0.15, -0.1) is 11.3 Å². The number of aromatic nitrogens is 2. The molecule has 4 rings (SSSR count). The fraction of sp³-hybridized carbons (Fsp3) is 0.667. The van der Waals surface area contributed by atoms with Gasteiger partial charge in [-0.2, -0.15) is 9.29 Å². The minimum absolute atomic E-state index is 0.0850. The van der Waals surface area contributed by atoms with Gasteiger partial charge in [0.15, 0.2) is 0 Å². The molecule has 3 heterocycles. The van der Waals surface area contributed by atoms with Crippen molar-refractivity contribution in [1.82, 2.24) is 19.8 Å². The monoisotopic (exact) mass is 466 g/mol. The molecular weight excluding hydrogens is 436 g/mol. The van der Waals surface area contributed by atoms with Crippen molar-refractivity contribution < 1.29 is 17.7 Å². The van der Waals surface area contributed by atoms with Crippen LogP contribution in [0.25, 0.3) is 10.7 Å². The quantitative estimate of drug-likeness (QED) is 0.698. The minimum Gasteiger partial charge on any atom is -0.353 e. The molecule has 0 spiro atoms. The summed E-state index contributed by atoms with van der Waals surface area (Å²) >= 11 is 1.35. The number of hydrogen-bond donors (Lipinski definition) is 1. The summed E-state index contributed by atoms with van der Waals surface area (Å²) in [6.45, 7) is 4.44. The number of hydrogen-bond acceptors (Lipinski definition) is 7. The van der Waals surface area contributed by atoms with Crippen molar-refractivity contribution in [3.05, 3.63) is 16.8 Å². The molecule has 8 nitrogen and oxygen atoms in total. The molecule has 0 bridgehead atoms. The van der Waals surface area contributed by atoms with Crippen LogP contribution in [0.4, 0.5) is 0 Å². The molecule has 2 fully saturated rings. The van der Waals surface area contributed by atoms with E-state index in [1.165, 1.54) is 34.9 Å². The van der Waals surface area contributed by atoms with Crippen LogP contribution in [0, 0.1) is 12.8 Å². The Balaban J connectivity index is 1.40. The fourth-order valence-electron chi connectivity index (χ4n) is 4.39. The van der Waals surface area contributed by atoms with Crippen LogP contribution in [0.3, 0.4) is 0 Å². The molecule has 0 radical (unpaired) electrons. The molecular formula is C21H30N4O4S2. The summed E-state index contributed by atoms with van der Waals surface area (Å²) in [6.07, 6.45) is 7.44. The van der Waals surface area contributed by atoms with Gasteiger partial charge in [-0.25, -0.2) is 8.42 Å². The molecule has 1 aliphatic carbocycles. The first-order valence-corrected chi connectivity index (χ1v) is 13.4. The van der Waals surface area contributed by atoms with Crippen LogP contribution >= 0.6 is 11.3 Å². The number of nitrogens with one attached hydrogen (secondary N) is 1. The first-order chi connectivity index (χ1) is 14.9. The number of piperidine rings is 1. The van der Waals surface area contributed by atoms with E-state index in [1.54, 1.807) is 13.0 Å². The van der Waals surface area contributed by atoms with Gasteiger partial charge in [0, 0.05) is 36.3 Å². The Morgan fingerprint density at radius 1 is 1.23 bits per heavy atom. The summed E-state index contributed by atoms with van der Waals surface area (Å²) in [6, 6.07) is 1.93. The van der Waals surface area contributed by atoms with Crippen LogP contribution in [-0.2, 0) is 21.2 Å². The molecule has 0 unspecified atom stereocenters. The summed E-state index contributed by atoms with van der Waals surface area (Å²) < 4.78 is 33.2. The average molecular weight is 467 g/mol. The lowest BCUT2D eigenvalue weighted by atomic mass is 9.93. The lowest BCUT2D eigenvalue weighted by molar-refractivity contribution is -0.127. The van der Waals surface area contributed by atoms with E-state index in [0.717, 1.165) is 12.8 Å². The van der Waals surface area contributed by atoms with Gasteiger partial charge < -0.3 is 9.84 Å². The van der Waals surface area contributed by atoms with E-state index in [9.17, 15) is 13.2 Å². The van der Waals surface area contributed by atoms with Gasteiger partial charge in [0.1, 0.15) is 0 Å². The Labute approximate surface area is 187 Å². The zero-order chi connectivity index (χ0) is 22.0. The lowest BCUT2D eigenvalue weighted by Gasteiger charge is -2.32. The van der Waals surface area contributed by atoms with E-state index < -0.39 is 10.0 Å². The zero-order valence-corrected chi connectivity index (χ0v) is 19.7. The second-order valence-electron chi connectivity index (χ2n) is 8.42. The molecule has 0 aromatic carbocycles. The second kappa shape index (κ2) is 9.38. The number of thiophene rings is 1. The van der Waals surface area contributed by atoms with Gasteiger partial charge in [-0.1, -0.05) is 31.3 Å². The second-order valence-corrected chi connectivity index (χ2v) is 11.6. The number of nitrogens with zero attached hydrogens (tertiary/aromatic N) is 3. The third-order valence-electron chi connectivity index (χ3n) is 6.26. The van der Waals surface area contributed by atoms with Crippen LogP contribution in [-0.4, -0.2) is 47.9 Å². The van der Waals surface area contributed by atoms with Gasteiger partial charge in [0.2, 0.25) is 27.6 Å². The Morgan fingerprint density at radius 3 is 2.58 bits per heavy atom. The number of sulfonamides is 1. The van der Waals surface area contributed by atoms with Crippen LogP contribution in [0.2, 0.25) is 0 Å². The smallest absolute Gasteiger partial charge is 0.244 e. The van der Waals surface area contributed by atoms with Crippen molar-refractivity contribution >= 4 is 27.3 Å². The molecule has 1 N–H and O–H groups in total. The number of amides is 1. The highest BCUT2D eigenvalue weighted by Gasteiger charge is 2.34. The van der Waals surface area contributed by atoms with E-state index in [1.807, 2.05) is 6.92 Å². The molecule has 1 aliphatic heterocycles. The lowest BCUT2D eigenvalue weighted by Crippen LogP contribution is -2.45. The molecule has 170 valence electrons. The van der Waals surface area contributed by atoms with Crippen LogP contribution < -0.4 is 5.32 Å². The van der Waals surface area contributed by atoms with E-state index in [4.69, 9.17) is 4.52 Å². The van der Waals surface area contributed by atoms with E-state index in [2.05, 4.69) is 15.5 Å². The molecule has 2 aromatic heterocycles. The number of carbonyl (C=O) groups excluding carboxylic acids is 1. The van der Waals surface area contributed by atoms with Gasteiger partial charge in [0.05, 0.1) is 9.77 Å². The Hall–Kier alpha value is -1.78. The van der Waals surface area contributed by atoms with Crippen molar-refractivity contribution in [2.45, 2.75) is 76.2 Å². The van der Waals surface area contributed by atoms with Gasteiger partial charge >= 0.3 is 0 Å². The highest BCUT2D eigenvalue weighted by atomic mass is 32.2. The fourth-order valence-corrected chi connectivity index (χ4v) is 7.35. The molecule has 1 amide bonds. The van der Waals surface area contributed by atoms with Crippen LogP contribution in [0.5, 0.6) is 0 Å². The Morgan fingerprint density at radius 2 is 1.94 bits per heavy atom. The SMILES string of the molecule is CCc1nc(-c2cc(S(=O)(=O)N3CCC(C(=O)NC4CCCCC4)CC3)c(C)s2)no1. The first kappa shape index (κ1) is 22.4. The summed E-state index contributed by atoms with van der Waals surface area (Å²) in [5.41, 5.74) is 0. The van der Waals surface area contributed by atoms with Crippen molar-refractivity contribution in [3.63, 3.8) is 0 Å². The minimum atomic E-state index is -3.63. The van der Waals surface area contributed by atoms with Crippen molar-refractivity contribution in [1.29, 1.82) is 0 Å². The zero-order valence-electron chi connectivity index (χ0n) is 18.1. The third kappa shape index (κ3) is 4.85. The maximum Gasteiger partial charge on any atom is 0.244 e. The predicted octanol–water partition coefficient (Wildman–Crippen LogP) is 3.52. The normalized spacial score (nSPS) is 19.5. The number of aryl methyl sites for hydroxylation is 2. The van der Waals surface area contributed by atoms with E-state index >= 15 is 0 Å². The maximum absolute atomic E-state index is 13.3. The predicted molar refractivity (Wildman–Crippen MR) is 118 cm³/mol. The topological polar surface area (TPSA) is 105 Å². The van der Waals surface area contributed by atoms with Gasteiger partial charge in [-0.05, 0) is 38.7 Å². The van der Waals surface area contributed by atoms with Crippen molar-refractivity contribution in [2.75, 3.05) is 13.1 Å². The third-order valence-corrected chi connectivity index (χ3v) is 9.46. The van der Waals surface area contributed by atoms with Crippen molar-refractivity contribution in [3.8, 4) is 10.7 Å². The van der Waals surface area contributed by atoms with Crippen LogP contribution in [0.15, 0.2) is 15.5 Å².